The molecule has 2 rings (SSSR count). The summed E-state index contributed by atoms with van der Waals surface area (Å²) in [6.45, 7) is 1.76. The molecule has 1 saturated carbocycles. The van der Waals surface area contributed by atoms with Gasteiger partial charge in [0.2, 0.25) is 5.91 Å². The average molecular weight is 279 g/mol. The maximum absolute atomic E-state index is 12.1. The lowest BCUT2D eigenvalue weighted by Gasteiger charge is -2.38. The van der Waals surface area contributed by atoms with E-state index in [0.717, 1.165) is 38.5 Å². The van der Waals surface area contributed by atoms with Gasteiger partial charge in [-0.3, -0.25) is 9.59 Å². The lowest BCUT2D eigenvalue weighted by molar-refractivity contribution is -0.152. The van der Waals surface area contributed by atoms with Crippen molar-refractivity contribution in [2.24, 2.45) is 5.41 Å². The van der Waals surface area contributed by atoms with Gasteiger partial charge in [-0.2, -0.15) is 0 Å². The number of hydrogen-bond acceptors (Lipinski definition) is 2. The summed E-state index contributed by atoms with van der Waals surface area (Å²) in [6, 6.07) is -0.231. The first-order chi connectivity index (χ1) is 9.52. The largest absolute Gasteiger partial charge is 0.481 e. The molecule has 0 heterocycles. The Balaban J connectivity index is 1.94. The zero-order valence-electron chi connectivity index (χ0n) is 12.3. The number of carboxylic acid groups (broad SMARTS) is 1. The lowest BCUT2D eigenvalue weighted by atomic mass is 9.71. The molecular weight excluding hydrogens is 254 g/mol. The van der Waals surface area contributed by atoms with Crippen LogP contribution in [0.3, 0.4) is 0 Å². The maximum atomic E-state index is 12.1. The van der Waals surface area contributed by atoms with Crippen molar-refractivity contribution in [3.63, 3.8) is 0 Å². The van der Waals surface area contributed by atoms with E-state index in [0.29, 0.717) is 12.8 Å². The van der Waals surface area contributed by atoms with Crippen molar-refractivity contribution in [1.82, 2.24) is 5.32 Å². The van der Waals surface area contributed by atoms with E-state index >= 15 is 0 Å². The molecule has 2 N–H and O–H groups in total. The van der Waals surface area contributed by atoms with Crippen molar-refractivity contribution in [2.75, 3.05) is 0 Å². The van der Waals surface area contributed by atoms with E-state index in [1.54, 1.807) is 6.92 Å². The summed E-state index contributed by atoms with van der Waals surface area (Å²) < 4.78 is 0. The third-order valence-electron chi connectivity index (χ3n) is 4.80. The van der Waals surface area contributed by atoms with Gasteiger partial charge in [-0.15, -0.1) is 0 Å². The van der Waals surface area contributed by atoms with E-state index in [4.69, 9.17) is 0 Å². The number of carbonyl (C=O) groups is 2. The quantitative estimate of drug-likeness (QED) is 0.777. The molecule has 0 aromatic heterocycles. The molecule has 2 unspecified atom stereocenters. The SMILES string of the molecule is CC1(C(=O)O)CCCCC1NC(=O)CC1=CCCCC1. The highest BCUT2D eigenvalue weighted by Crippen LogP contribution is 2.36. The molecule has 0 aliphatic heterocycles. The van der Waals surface area contributed by atoms with Crippen LogP contribution in [0.2, 0.25) is 0 Å². The van der Waals surface area contributed by atoms with Gasteiger partial charge in [0.05, 0.1) is 5.41 Å². The summed E-state index contributed by atoms with van der Waals surface area (Å²) in [7, 11) is 0. The molecule has 4 heteroatoms. The molecule has 1 fully saturated rings. The summed E-state index contributed by atoms with van der Waals surface area (Å²) in [5.74, 6) is -0.808. The Kier molecular flexibility index (Phi) is 4.84. The number of allylic oxidation sites excluding steroid dienone is 1. The Morgan fingerprint density at radius 3 is 2.80 bits per heavy atom. The van der Waals surface area contributed by atoms with E-state index in [9.17, 15) is 14.7 Å². The molecule has 0 bridgehead atoms. The second kappa shape index (κ2) is 6.42. The molecular formula is C16H25NO3. The topological polar surface area (TPSA) is 66.4 Å². The number of aliphatic carboxylic acids is 1. The summed E-state index contributed by atoms with van der Waals surface area (Å²) in [4.78, 5) is 23.6. The fourth-order valence-electron chi connectivity index (χ4n) is 3.34. The highest BCUT2D eigenvalue weighted by molar-refractivity contribution is 5.81. The van der Waals surface area contributed by atoms with Gasteiger partial charge >= 0.3 is 5.97 Å². The predicted octanol–water partition coefficient (Wildman–Crippen LogP) is 3.03. The average Bonchev–Trinajstić information content (AvgIpc) is 2.42. The van der Waals surface area contributed by atoms with Gasteiger partial charge in [0.1, 0.15) is 0 Å². The van der Waals surface area contributed by atoms with Crippen LogP contribution in [-0.4, -0.2) is 23.0 Å². The van der Waals surface area contributed by atoms with Crippen LogP contribution in [0.25, 0.3) is 0 Å². The fraction of sp³-hybridized carbons (Fsp3) is 0.750. The third-order valence-corrected chi connectivity index (χ3v) is 4.80. The van der Waals surface area contributed by atoms with Gasteiger partial charge in [0.15, 0.2) is 0 Å². The van der Waals surface area contributed by atoms with Crippen LogP contribution in [0.1, 0.15) is 64.7 Å². The number of amides is 1. The second-order valence-corrected chi connectivity index (χ2v) is 6.37. The third kappa shape index (κ3) is 3.41. The van der Waals surface area contributed by atoms with Crippen molar-refractivity contribution >= 4 is 11.9 Å². The number of nitrogens with one attached hydrogen (secondary N) is 1. The molecule has 2 aliphatic carbocycles. The minimum Gasteiger partial charge on any atom is -0.481 e. The number of carboxylic acids is 1. The van der Waals surface area contributed by atoms with Crippen LogP contribution in [0.5, 0.6) is 0 Å². The Hall–Kier alpha value is -1.32. The van der Waals surface area contributed by atoms with Gasteiger partial charge in [-0.05, 0) is 45.4 Å². The number of hydrogen-bond donors (Lipinski definition) is 2. The number of carbonyl (C=O) groups excluding carboxylic acids is 1. The first-order valence-corrected chi connectivity index (χ1v) is 7.73. The van der Waals surface area contributed by atoms with E-state index in [1.807, 2.05) is 0 Å². The zero-order chi connectivity index (χ0) is 14.6. The first kappa shape index (κ1) is 15.1. The maximum Gasteiger partial charge on any atom is 0.311 e. The summed E-state index contributed by atoms with van der Waals surface area (Å²) >= 11 is 0. The Morgan fingerprint density at radius 2 is 2.15 bits per heavy atom. The molecule has 0 spiro atoms. The molecule has 112 valence electrons. The predicted molar refractivity (Wildman–Crippen MR) is 77.3 cm³/mol. The van der Waals surface area contributed by atoms with E-state index in [2.05, 4.69) is 11.4 Å². The molecule has 0 aromatic rings. The Labute approximate surface area is 120 Å². The van der Waals surface area contributed by atoms with Crippen molar-refractivity contribution in [3.05, 3.63) is 11.6 Å². The van der Waals surface area contributed by atoms with Gasteiger partial charge in [-0.1, -0.05) is 24.5 Å². The molecule has 0 aromatic carbocycles. The van der Waals surface area contributed by atoms with Gasteiger partial charge in [-0.25, -0.2) is 0 Å². The highest BCUT2D eigenvalue weighted by Gasteiger charge is 2.43. The summed E-state index contributed by atoms with van der Waals surface area (Å²) in [5, 5.41) is 12.4. The molecule has 0 saturated heterocycles. The molecule has 1 amide bonds. The lowest BCUT2D eigenvalue weighted by Crippen LogP contribution is -2.52. The Morgan fingerprint density at radius 1 is 1.35 bits per heavy atom. The minimum absolute atomic E-state index is 0.0162. The van der Waals surface area contributed by atoms with Crippen LogP contribution >= 0.6 is 0 Å². The van der Waals surface area contributed by atoms with E-state index in [-0.39, 0.29) is 11.9 Å². The molecule has 20 heavy (non-hydrogen) atoms. The van der Waals surface area contributed by atoms with Crippen LogP contribution in [0.15, 0.2) is 11.6 Å². The molecule has 2 atom stereocenters. The monoisotopic (exact) mass is 279 g/mol. The van der Waals surface area contributed by atoms with Gasteiger partial charge in [0.25, 0.3) is 0 Å². The van der Waals surface area contributed by atoms with Crippen molar-refractivity contribution in [2.45, 2.75) is 70.8 Å². The van der Waals surface area contributed by atoms with Crippen molar-refractivity contribution in [1.29, 1.82) is 0 Å². The van der Waals surface area contributed by atoms with Crippen LogP contribution in [-0.2, 0) is 9.59 Å². The smallest absolute Gasteiger partial charge is 0.311 e. The highest BCUT2D eigenvalue weighted by atomic mass is 16.4. The van der Waals surface area contributed by atoms with E-state index in [1.165, 1.54) is 12.0 Å². The van der Waals surface area contributed by atoms with Crippen molar-refractivity contribution < 1.29 is 14.7 Å². The van der Waals surface area contributed by atoms with Gasteiger partial charge in [0, 0.05) is 12.5 Å². The Bertz CT molecular complexity index is 416. The molecule has 0 radical (unpaired) electrons. The van der Waals surface area contributed by atoms with E-state index < -0.39 is 11.4 Å². The minimum atomic E-state index is -0.811. The fourth-order valence-corrected chi connectivity index (χ4v) is 3.34. The first-order valence-electron chi connectivity index (χ1n) is 7.73. The van der Waals surface area contributed by atoms with Crippen molar-refractivity contribution in [3.8, 4) is 0 Å². The summed E-state index contributed by atoms with van der Waals surface area (Å²) in [6.07, 6.45) is 10.4. The molecule has 2 aliphatic rings. The summed E-state index contributed by atoms with van der Waals surface area (Å²) in [5.41, 5.74) is 0.399. The molecule has 4 nitrogen and oxygen atoms in total. The van der Waals surface area contributed by atoms with Crippen LogP contribution in [0, 0.1) is 5.41 Å². The van der Waals surface area contributed by atoms with Gasteiger partial charge < -0.3 is 10.4 Å². The standard InChI is InChI=1S/C16H25NO3/c1-16(15(19)20)10-6-5-9-13(16)17-14(18)11-12-7-3-2-4-8-12/h7,13H,2-6,8-11H2,1H3,(H,17,18)(H,19,20). The zero-order valence-corrected chi connectivity index (χ0v) is 12.3. The van der Waals surface area contributed by atoms with Crippen LogP contribution in [0.4, 0.5) is 0 Å². The number of rotatable bonds is 4. The second-order valence-electron chi connectivity index (χ2n) is 6.37. The van der Waals surface area contributed by atoms with Crippen LogP contribution < -0.4 is 5.32 Å². The normalized spacial score (nSPS) is 30.4.